The zero-order valence-corrected chi connectivity index (χ0v) is 23.9. The van der Waals surface area contributed by atoms with Gasteiger partial charge >= 0.3 is 5.97 Å². The molecule has 0 aliphatic rings. The number of benzene rings is 5. The summed E-state index contributed by atoms with van der Waals surface area (Å²) < 4.78 is 45.9. The van der Waals surface area contributed by atoms with Crippen molar-refractivity contribution in [2.24, 2.45) is 5.73 Å². The molecule has 0 heterocycles. The van der Waals surface area contributed by atoms with Gasteiger partial charge in [0.1, 0.15) is 17.3 Å². The maximum absolute atomic E-state index is 13.3. The molecule has 0 spiro atoms. The number of sulfonamides is 1. The third kappa shape index (κ3) is 6.07. The average Bonchev–Trinajstić information content (AvgIpc) is 3.00. The first-order valence-corrected chi connectivity index (χ1v) is 14.4. The summed E-state index contributed by atoms with van der Waals surface area (Å²) in [4.78, 5) is 12.0. The van der Waals surface area contributed by atoms with Gasteiger partial charge in [0.05, 0.1) is 24.7 Å². The number of nitrogen functional groups attached to an aromatic ring is 1. The Morgan fingerprint density at radius 2 is 1.49 bits per heavy atom. The standard InChI is InChI=1S/C32H27N3O7S/c1-40-29-14-12-24(18-30(29)41-2)43(38,39)35-22-10-13-28(27(17-22)25-5-3-4-6-26(25)32(36)37)42-23-11-9-19-15-21(31(33)34)8-7-20(19)16-23/h3-18,35H,1-2H3,(H3,33,34)(H,36,37). The van der Waals surface area contributed by atoms with Crippen molar-refractivity contribution >= 4 is 38.3 Å². The van der Waals surface area contributed by atoms with Crippen LogP contribution in [0.5, 0.6) is 23.0 Å². The molecule has 5 aromatic rings. The monoisotopic (exact) mass is 597 g/mol. The van der Waals surface area contributed by atoms with Gasteiger partial charge in [-0.3, -0.25) is 10.1 Å². The molecule has 0 saturated heterocycles. The molecule has 218 valence electrons. The van der Waals surface area contributed by atoms with Crippen LogP contribution in [0.4, 0.5) is 5.69 Å². The SMILES string of the molecule is COc1ccc(S(=O)(=O)Nc2ccc(Oc3ccc4cc(C(=N)N)ccc4c3)c(-c3ccccc3C(=O)O)c2)cc1OC. The van der Waals surface area contributed by atoms with E-state index >= 15 is 0 Å². The predicted molar refractivity (Wildman–Crippen MR) is 164 cm³/mol. The summed E-state index contributed by atoms with van der Waals surface area (Å²) in [5.74, 6) is 0.218. The van der Waals surface area contributed by atoms with Crippen molar-refractivity contribution in [2.45, 2.75) is 4.90 Å². The van der Waals surface area contributed by atoms with Crippen LogP contribution >= 0.6 is 0 Å². The number of rotatable bonds is 10. The molecular formula is C32H27N3O7S. The van der Waals surface area contributed by atoms with Gasteiger partial charge in [0.25, 0.3) is 10.0 Å². The number of carboxylic acid groups (broad SMARTS) is 1. The van der Waals surface area contributed by atoms with Crippen molar-refractivity contribution in [2.75, 3.05) is 18.9 Å². The van der Waals surface area contributed by atoms with Crippen LogP contribution in [0.3, 0.4) is 0 Å². The van der Waals surface area contributed by atoms with Gasteiger partial charge in [-0.15, -0.1) is 0 Å². The van der Waals surface area contributed by atoms with Gasteiger partial charge in [-0.1, -0.05) is 36.4 Å². The van der Waals surface area contributed by atoms with E-state index in [0.717, 1.165) is 10.8 Å². The Hall–Kier alpha value is -5.55. The minimum absolute atomic E-state index is 0.0162. The third-order valence-electron chi connectivity index (χ3n) is 6.70. The number of amidine groups is 1. The van der Waals surface area contributed by atoms with Crippen molar-refractivity contribution in [3.8, 4) is 34.1 Å². The number of aromatic carboxylic acids is 1. The van der Waals surface area contributed by atoms with E-state index in [1.807, 2.05) is 12.1 Å². The lowest BCUT2D eigenvalue weighted by molar-refractivity contribution is 0.0697. The summed E-state index contributed by atoms with van der Waals surface area (Å²) in [6, 6.07) is 26.0. The Kier molecular flexibility index (Phi) is 7.91. The fourth-order valence-corrected chi connectivity index (χ4v) is 5.64. The maximum atomic E-state index is 13.3. The highest BCUT2D eigenvalue weighted by Gasteiger charge is 2.21. The first kappa shape index (κ1) is 29.0. The second-order valence-electron chi connectivity index (χ2n) is 9.42. The van der Waals surface area contributed by atoms with Crippen LogP contribution in [-0.4, -0.2) is 39.5 Å². The first-order chi connectivity index (χ1) is 20.6. The fourth-order valence-electron chi connectivity index (χ4n) is 4.58. The molecule has 0 unspecified atom stereocenters. The Balaban J connectivity index is 1.56. The number of anilines is 1. The summed E-state index contributed by atoms with van der Waals surface area (Å²) >= 11 is 0. The number of hydrogen-bond donors (Lipinski definition) is 4. The van der Waals surface area contributed by atoms with Crippen LogP contribution in [0.2, 0.25) is 0 Å². The van der Waals surface area contributed by atoms with Gasteiger partial charge in [0, 0.05) is 22.9 Å². The van der Waals surface area contributed by atoms with Gasteiger partial charge in [-0.05, 0) is 70.9 Å². The van der Waals surface area contributed by atoms with E-state index in [4.69, 9.17) is 25.4 Å². The lowest BCUT2D eigenvalue weighted by Gasteiger charge is -2.17. The van der Waals surface area contributed by atoms with Gasteiger partial charge in [0.15, 0.2) is 11.5 Å². The van der Waals surface area contributed by atoms with E-state index in [2.05, 4.69) is 4.72 Å². The van der Waals surface area contributed by atoms with E-state index < -0.39 is 16.0 Å². The molecular weight excluding hydrogens is 570 g/mol. The number of nitrogens with two attached hydrogens (primary N) is 1. The molecule has 0 bridgehead atoms. The van der Waals surface area contributed by atoms with Crippen LogP contribution < -0.4 is 24.7 Å². The maximum Gasteiger partial charge on any atom is 0.336 e. The van der Waals surface area contributed by atoms with Gasteiger partial charge in [0.2, 0.25) is 0 Å². The Labute approximate surface area is 247 Å². The number of ether oxygens (including phenoxy) is 3. The molecule has 5 rings (SSSR count). The van der Waals surface area contributed by atoms with Crippen LogP contribution in [0.15, 0.2) is 102 Å². The zero-order chi connectivity index (χ0) is 30.7. The van der Waals surface area contributed by atoms with E-state index in [9.17, 15) is 18.3 Å². The summed E-state index contributed by atoms with van der Waals surface area (Å²) in [7, 11) is -1.21. The average molecular weight is 598 g/mol. The highest BCUT2D eigenvalue weighted by molar-refractivity contribution is 7.92. The number of carboxylic acids is 1. The Bertz CT molecular complexity index is 1990. The molecule has 0 aliphatic heterocycles. The van der Waals surface area contributed by atoms with E-state index in [1.165, 1.54) is 50.6 Å². The van der Waals surface area contributed by atoms with Crippen molar-refractivity contribution in [3.05, 3.63) is 108 Å². The predicted octanol–water partition coefficient (Wildman–Crippen LogP) is 6.10. The lowest BCUT2D eigenvalue weighted by atomic mass is 9.98. The molecule has 0 amide bonds. The van der Waals surface area contributed by atoms with Crippen molar-refractivity contribution < 1.29 is 32.5 Å². The number of methoxy groups -OCH3 is 2. The van der Waals surface area contributed by atoms with Crippen molar-refractivity contribution in [1.29, 1.82) is 5.41 Å². The van der Waals surface area contributed by atoms with Gasteiger partial charge in [-0.2, -0.15) is 0 Å². The molecule has 0 fully saturated rings. The van der Waals surface area contributed by atoms with E-state index in [-0.39, 0.29) is 27.7 Å². The summed E-state index contributed by atoms with van der Waals surface area (Å²) in [5, 5.41) is 19.3. The molecule has 0 atom stereocenters. The van der Waals surface area contributed by atoms with Gasteiger partial charge < -0.3 is 25.1 Å². The number of fused-ring (bicyclic) bond motifs is 1. The minimum Gasteiger partial charge on any atom is -0.493 e. The highest BCUT2D eigenvalue weighted by atomic mass is 32.2. The third-order valence-corrected chi connectivity index (χ3v) is 8.07. The van der Waals surface area contributed by atoms with Gasteiger partial charge in [-0.25, -0.2) is 13.2 Å². The normalized spacial score (nSPS) is 11.1. The largest absolute Gasteiger partial charge is 0.493 e. The lowest BCUT2D eigenvalue weighted by Crippen LogP contribution is -2.13. The van der Waals surface area contributed by atoms with Crippen LogP contribution in [0, 0.1) is 5.41 Å². The fraction of sp³-hybridized carbons (Fsp3) is 0.0625. The number of carbonyl (C=O) groups is 1. The van der Waals surface area contributed by atoms with Crippen molar-refractivity contribution in [1.82, 2.24) is 0 Å². The summed E-state index contributed by atoms with van der Waals surface area (Å²) in [6.07, 6.45) is 0. The molecule has 0 radical (unpaired) electrons. The molecule has 0 aliphatic carbocycles. The zero-order valence-electron chi connectivity index (χ0n) is 23.1. The molecule has 5 N–H and O–H groups in total. The van der Waals surface area contributed by atoms with Crippen LogP contribution in [0.25, 0.3) is 21.9 Å². The molecule has 11 heteroatoms. The number of nitrogens with one attached hydrogen (secondary N) is 2. The quantitative estimate of drug-likeness (QED) is 0.111. The van der Waals surface area contributed by atoms with E-state index in [0.29, 0.717) is 33.9 Å². The number of hydrogen-bond acceptors (Lipinski definition) is 7. The summed E-state index contributed by atoms with van der Waals surface area (Å²) in [6.45, 7) is 0. The highest BCUT2D eigenvalue weighted by Crippen LogP contribution is 2.39. The minimum atomic E-state index is -4.07. The smallest absolute Gasteiger partial charge is 0.336 e. The second-order valence-corrected chi connectivity index (χ2v) is 11.1. The summed E-state index contributed by atoms with van der Waals surface area (Å²) in [5.41, 5.74) is 7.11. The topological polar surface area (TPSA) is 161 Å². The van der Waals surface area contributed by atoms with Crippen molar-refractivity contribution in [3.63, 3.8) is 0 Å². The Morgan fingerprint density at radius 3 is 2.21 bits per heavy atom. The Morgan fingerprint density at radius 1 is 0.791 bits per heavy atom. The van der Waals surface area contributed by atoms with E-state index in [1.54, 1.807) is 48.5 Å². The van der Waals surface area contributed by atoms with Crippen LogP contribution in [0.1, 0.15) is 15.9 Å². The molecule has 5 aromatic carbocycles. The first-order valence-electron chi connectivity index (χ1n) is 12.9. The molecule has 0 saturated carbocycles. The molecule has 10 nitrogen and oxygen atoms in total. The molecule has 0 aromatic heterocycles. The molecule has 43 heavy (non-hydrogen) atoms. The second kappa shape index (κ2) is 11.7. The van der Waals surface area contributed by atoms with Crippen LogP contribution in [-0.2, 0) is 10.0 Å².